The third-order valence-electron chi connectivity index (χ3n) is 3.88. The van der Waals surface area contributed by atoms with Crippen LogP contribution in [0.2, 0.25) is 0 Å². The lowest BCUT2D eigenvalue weighted by atomic mass is 10.1. The number of methoxy groups -OCH3 is 1. The molecule has 0 aromatic heterocycles. The first-order valence-electron chi connectivity index (χ1n) is 8.27. The molecule has 0 spiro atoms. The number of Topliss-reactive ketones (excluding diaryl/α,β-unsaturated/α-hetero) is 2. The van der Waals surface area contributed by atoms with Gasteiger partial charge in [0, 0.05) is 17.2 Å². The summed E-state index contributed by atoms with van der Waals surface area (Å²) in [6.07, 6.45) is 0. The predicted octanol–water partition coefficient (Wildman–Crippen LogP) is 1.36. The highest BCUT2D eigenvalue weighted by atomic mass is 16.7. The van der Waals surface area contributed by atoms with Gasteiger partial charge in [0.15, 0.2) is 28.7 Å². The largest absolute Gasteiger partial charge is 0.504 e. The molecule has 0 amide bonds. The molecule has 1 heterocycles. The number of hydrogen-bond acceptors (Lipinski definition) is 9. The first kappa shape index (κ1) is 19.9. The van der Waals surface area contributed by atoms with Gasteiger partial charge in [0.2, 0.25) is 24.1 Å². The number of ketones is 2. The first-order chi connectivity index (χ1) is 13.9. The summed E-state index contributed by atoms with van der Waals surface area (Å²) in [5, 5.41) is 28.1. The number of phenols is 3. The van der Waals surface area contributed by atoms with Gasteiger partial charge in [-0.2, -0.15) is 0 Å². The summed E-state index contributed by atoms with van der Waals surface area (Å²) >= 11 is 0. The van der Waals surface area contributed by atoms with Crippen LogP contribution in [0.4, 0.5) is 0 Å². The minimum Gasteiger partial charge on any atom is -0.504 e. The topological polar surface area (TPSA) is 132 Å². The molecular weight excluding hydrogens is 384 g/mol. The average molecular weight is 400 g/mol. The molecule has 1 aliphatic heterocycles. The molecule has 9 nitrogen and oxygen atoms in total. The number of benzene rings is 2. The zero-order chi connectivity index (χ0) is 21.0. The van der Waals surface area contributed by atoms with E-state index >= 15 is 0 Å². The average Bonchev–Trinajstić information content (AvgIpc) is 3.18. The molecule has 0 bridgehead atoms. The number of hydrogen-bond donors (Lipinski definition) is 3. The van der Waals surface area contributed by atoms with Crippen LogP contribution in [-0.4, -0.2) is 54.0 Å². The van der Waals surface area contributed by atoms with Crippen molar-refractivity contribution in [1.82, 2.24) is 0 Å². The van der Waals surface area contributed by atoms with Crippen molar-refractivity contribution in [2.75, 3.05) is 27.1 Å². The van der Waals surface area contributed by atoms with Crippen molar-refractivity contribution < 1.29 is 43.9 Å². The number of rotatable bonds is 6. The molecule has 0 saturated carbocycles. The SMILES string of the molecule is COc1cc(C#CCOCC(=O)C(=O)c2cc(O)c(O)c(O)c2)cc2c1OCO2. The van der Waals surface area contributed by atoms with Crippen molar-refractivity contribution in [2.24, 2.45) is 0 Å². The summed E-state index contributed by atoms with van der Waals surface area (Å²) in [7, 11) is 1.49. The van der Waals surface area contributed by atoms with Gasteiger partial charge in [-0.1, -0.05) is 11.8 Å². The predicted molar refractivity (Wildman–Crippen MR) is 97.6 cm³/mol. The molecule has 3 rings (SSSR count). The summed E-state index contributed by atoms with van der Waals surface area (Å²) in [5.74, 6) is 2.93. The molecular formula is C20H16O9. The second kappa shape index (κ2) is 8.41. The van der Waals surface area contributed by atoms with Crippen molar-refractivity contribution in [2.45, 2.75) is 0 Å². The highest BCUT2D eigenvalue weighted by Crippen LogP contribution is 2.41. The maximum absolute atomic E-state index is 12.0. The van der Waals surface area contributed by atoms with Gasteiger partial charge < -0.3 is 34.3 Å². The van der Waals surface area contributed by atoms with Gasteiger partial charge in [-0.25, -0.2) is 0 Å². The number of phenolic OH excluding ortho intramolecular Hbond substituents is 3. The van der Waals surface area contributed by atoms with E-state index in [2.05, 4.69) is 11.8 Å². The highest BCUT2D eigenvalue weighted by Gasteiger charge is 2.21. The van der Waals surface area contributed by atoms with Crippen molar-refractivity contribution in [3.8, 4) is 46.3 Å². The maximum atomic E-state index is 12.0. The van der Waals surface area contributed by atoms with E-state index in [1.807, 2.05) is 0 Å². The zero-order valence-electron chi connectivity index (χ0n) is 15.2. The van der Waals surface area contributed by atoms with Gasteiger partial charge in [0.1, 0.15) is 13.2 Å². The second-order valence-electron chi connectivity index (χ2n) is 5.82. The number of ether oxygens (including phenoxy) is 4. The van der Waals surface area contributed by atoms with Crippen molar-refractivity contribution in [3.63, 3.8) is 0 Å². The lowest BCUT2D eigenvalue weighted by Gasteiger charge is -2.05. The number of aromatic hydroxyl groups is 3. The number of carbonyl (C=O) groups excluding carboxylic acids is 2. The van der Waals surface area contributed by atoms with Crippen molar-refractivity contribution in [3.05, 3.63) is 35.4 Å². The minimum atomic E-state index is -0.982. The summed E-state index contributed by atoms with van der Waals surface area (Å²) in [5.41, 5.74) is 0.317. The van der Waals surface area contributed by atoms with E-state index in [4.69, 9.17) is 18.9 Å². The Hall–Kier alpha value is -3.90. The lowest BCUT2D eigenvalue weighted by molar-refractivity contribution is -0.118. The Bertz CT molecular complexity index is 1010. The Morgan fingerprint density at radius 1 is 1.10 bits per heavy atom. The third kappa shape index (κ3) is 4.34. The standard InChI is InChI=1S/C20H16O9/c1-26-16-5-11(6-17-20(16)29-10-28-17)3-2-4-27-9-15(23)18(24)12-7-13(21)19(25)14(22)8-12/h5-8,21-22,25H,4,9-10H2,1H3. The smallest absolute Gasteiger partial charge is 0.231 e. The van der Waals surface area contributed by atoms with Crippen molar-refractivity contribution >= 4 is 11.6 Å². The monoisotopic (exact) mass is 400 g/mol. The molecule has 1 aliphatic rings. The fraction of sp³-hybridized carbons (Fsp3) is 0.200. The minimum absolute atomic E-state index is 0.0956. The quantitative estimate of drug-likeness (QED) is 0.216. The molecule has 2 aromatic carbocycles. The Morgan fingerprint density at radius 2 is 1.83 bits per heavy atom. The van der Waals surface area contributed by atoms with Crippen LogP contribution in [-0.2, 0) is 9.53 Å². The third-order valence-corrected chi connectivity index (χ3v) is 3.88. The van der Waals surface area contributed by atoms with E-state index < -0.39 is 35.4 Å². The molecule has 0 radical (unpaired) electrons. The Kier molecular flexibility index (Phi) is 5.76. The van der Waals surface area contributed by atoms with Crippen LogP contribution in [0.25, 0.3) is 0 Å². The Balaban J connectivity index is 1.56. The van der Waals surface area contributed by atoms with Crippen LogP contribution in [0.15, 0.2) is 24.3 Å². The fourth-order valence-electron chi connectivity index (χ4n) is 2.50. The summed E-state index contributed by atoms with van der Waals surface area (Å²) in [6.45, 7) is -0.569. The van der Waals surface area contributed by atoms with Gasteiger partial charge in [0.25, 0.3) is 0 Å². The Morgan fingerprint density at radius 3 is 2.52 bits per heavy atom. The molecule has 0 fully saturated rings. The van der Waals surface area contributed by atoms with Gasteiger partial charge >= 0.3 is 0 Å². The van der Waals surface area contributed by atoms with Crippen LogP contribution in [0, 0.1) is 11.8 Å². The maximum Gasteiger partial charge on any atom is 0.231 e. The van der Waals surface area contributed by atoms with Gasteiger partial charge in [-0.3, -0.25) is 9.59 Å². The van der Waals surface area contributed by atoms with E-state index in [0.717, 1.165) is 12.1 Å². The fourth-order valence-corrected chi connectivity index (χ4v) is 2.50. The Labute approximate surface area is 165 Å². The van der Waals surface area contributed by atoms with Crippen LogP contribution in [0.1, 0.15) is 15.9 Å². The molecule has 3 N–H and O–H groups in total. The van der Waals surface area contributed by atoms with Gasteiger partial charge in [-0.05, 0) is 18.2 Å². The second-order valence-corrected chi connectivity index (χ2v) is 5.82. The molecule has 29 heavy (non-hydrogen) atoms. The summed E-state index contributed by atoms with van der Waals surface area (Å²) in [4.78, 5) is 23.9. The first-order valence-corrected chi connectivity index (χ1v) is 8.27. The van der Waals surface area contributed by atoms with Crippen LogP contribution >= 0.6 is 0 Å². The van der Waals surface area contributed by atoms with E-state index in [-0.39, 0.29) is 19.0 Å². The number of carbonyl (C=O) groups is 2. The van der Waals surface area contributed by atoms with E-state index in [1.54, 1.807) is 12.1 Å². The molecule has 0 unspecified atom stereocenters. The van der Waals surface area contributed by atoms with Gasteiger partial charge in [-0.15, -0.1) is 0 Å². The molecule has 0 aliphatic carbocycles. The zero-order valence-corrected chi connectivity index (χ0v) is 15.2. The molecule has 0 atom stereocenters. The molecule has 0 saturated heterocycles. The normalized spacial score (nSPS) is 11.5. The highest BCUT2D eigenvalue weighted by molar-refractivity contribution is 6.44. The molecule has 2 aromatic rings. The van der Waals surface area contributed by atoms with Crippen LogP contribution in [0.5, 0.6) is 34.5 Å². The lowest BCUT2D eigenvalue weighted by Crippen LogP contribution is -2.20. The van der Waals surface area contributed by atoms with E-state index in [9.17, 15) is 24.9 Å². The van der Waals surface area contributed by atoms with Crippen molar-refractivity contribution in [1.29, 1.82) is 0 Å². The van der Waals surface area contributed by atoms with Crippen LogP contribution < -0.4 is 14.2 Å². The summed E-state index contributed by atoms with van der Waals surface area (Å²) in [6, 6.07) is 5.10. The summed E-state index contributed by atoms with van der Waals surface area (Å²) < 4.78 is 20.9. The molecule has 150 valence electrons. The number of fused-ring (bicyclic) bond motifs is 1. The molecule has 9 heteroatoms. The van der Waals surface area contributed by atoms with Gasteiger partial charge in [0.05, 0.1) is 7.11 Å². The van der Waals surface area contributed by atoms with Crippen LogP contribution in [0.3, 0.4) is 0 Å². The van der Waals surface area contributed by atoms with E-state index in [1.165, 1.54) is 7.11 Å². The van der Waals surface area contributed by atoms with E-state index in [0.29, 0.717) is 22.8 Å².